The van der Waals surface area contributed by atoms with Crippen LogP contribution in [-0.4, -0.2) is 9.97 Å². The van der Waals surface area contributed by atoms with Crippen molar-refractivity contribution in [2.24, 2.45) is 0 Å². The average molecular weight is 269 g/mol. The molecule has 1 aromatic carbocycles. The van der Waals surface area contributed by atoms with Crippen LogP contribution in [0.1, 0.15) is 43.5 Å². The number of anilines is 1. The van der Waals surface area contributed by atoms with Gasteiger partial charge in [-0.15, -0.1) is 0 Å². The van der Waals surface area contributed by atoms with Crippen molar-refractivity contribution >= 4 is 5.82 Å². The third kappa shape index (κ3) is 2.22. The lowest BCUT2D eigenvalue weighted by atomic mass is 9.69. The zero-order valence-electron chi connectivity index (χ0n) is 11.4. The first-order valence-corrected chi connectivity index (χ1v) is 7.14. The maximum Gasteiger partial charge on any atom is 0.252 e. The molecule has 0 radical (unpaired) electrons. The smallest absolute Gasteiger partial charge is 0.252 e. The predicted octanol–water partition coefficient (Wildman–Crippen LogP) is 2.60. The summed E-state index contributed by atoms with van der Waals surface area (Å²) in [6, 6.07) is 11.7. The molecule has 0 unspecified atom stereocenters. The maximum atomic E-state index is 11.8. The highest BCUT2D eigenvalue weighted by molar-refractivity contribution is 5.36. The molecule has 2 aromatic rings. The van der Waals surface area contributed by atoms with E-state index in [0.29, 0.717) is 11.6 Å². The normalized spacial score (nSPS) is 17.8. The van der Waals surface area contributed by atoms with E-state index in [4.69, 9.17) is 5.73 Å². The molecule has 3 rings (SSSR count). The van der Waals surface area contributed by atoms with Crippen LogP contribution in [0.4, 0.5) is 5.82 Å². The van der Waals surface area contributed by atoms with Gasteiger partial charge in [-0.25, -0.2) is 4.98 Å². The van der Waals surface area contributed by atoms with Gasteiger partial charge in [-0.05, 0) is 18.4 Å². The molecule has 1 heterocycles. The highest BCUT2D eigenvalue weighted by Gasteiger charge is 2.38. The highest BCUT2D eigenvalue weighted by atomic mass is 16.1. The first-order chi connectivity index (χ1) is 9.71. The third-order valence-corrected chi connectivity index (χ3v) is 4.25. The van der Waals surface area contributed by atoms with E-state index in [0.717, 1.165) is 25.7 Å². The van der Waals surface area contributed by atoms with Gasteiger partial charge in [-0.2, -0.15) is 0 Å². The van der Waals surface area contributed by atoms with E-state index < -0.39 is 0 Å². The highest BCUT2D eigenvalue weighted by Crippen LogP contribution is 2.43. The average Bonchev–Trinajstić information content (AvgIpc) is 2.48. The number of nitrogens with zero attached hydrogens (tertiary/aromatic N) is 1. The Hall–Kier alpha value is -2.10. The molecule has 1 aromatic heterocycles. The van der Waals surface area contributed by atoms with Crippen LogP contribution >= 0.6 is 0 Å². The molecule has 3 N–H and O–H groups in total. The molecule has 1 saturated carbocycles. The molecule has 4 heteroatoms. The van der Waals surface area contributed by atoms with Crippen LogP contribution in [0, 0.1) is 0 Å². The van der Waals surface area contributed by atoms with Crippen LogP contribution in [-0.2, 0) is 5.41 Å². The lowest BCUT2D eigenvalue weighted by molar-refractivity contribution is 0.330. The van der Waals surface area contributed by atoms with Gasteiger partial charge >= 0.3 is 0 Å². The molecule has 1 aliphatic rings. The Bertz CT molecular complexity index is 642. The largest absolute Gasteiger partial charge is 0.383 e. The van der Waals surface area contributed by atoms with E-state index in [9.17, 15) is 4.79 Å². The Labute approximate surface area is 118 Å². The van der Waals surface area contributed by atoms with Gasteiger partial charge in [0, 0.05) is 6.07 Å². The number of H-pyrrole nitrogens is 1. The molecule has 104 valence electrons. The van der Waals surface area contributed by atoms with Gasteiger partial charge in [0.05, 0.1) is 5.41 Å². The Morgan fingerprint density at radius 1 is 1.10 bits per heavy atom. The number of nitrogen functional groups attached to an aromatic ring is 1. The van der Waals surface area contributed by atoms with Gasteiger partial charge in [-0.3, -0.25) is 4.79 Å². The number of nitrogens with one attached hydrogen (secondary N) is 1. The number of rotatable bonds is 2. The number of aromatic nitrogens is 2. The van der Waals surface area contributed by atoms with Gasteiger partial charge in [0.25, 0.3) is 5.56 Å². The second kappa shape index (κ2) is 5.12. The van der Waals surface area contributed by atoms with E-state index in [1.165, 1.54) is 18.1 Å². The lowest BCUT2D eigenvalue weighted by Gasteiger charge is -2.36. The van der Waals surface area contributed by atoms with Crippen molar-refractivity contribution < 1.29 is 0 Å². The quantitative estimate of drug-likeness (QED) is 0.880. The van der Waals surface area contributed by atoms with Crippen LogP contribution in [0.15, 0.2) is 41.2 Å². The van der Waals surface area contributed by atoms with Crippen molar-refractivity contribution in [2.45, 2.75) is 37.5 Å². The van der Waals surface area contributed by atoms with E-state index >= 15 is 0 Å². The third-order valence-electron chi connectivity index (χ3n) is 4.25. The molecular formula is C16H19N3O. The van der Waals surface area contributed by atoms with Crippen LogP contribution in [0.2, 0.25) is 0 Å². The molecule has 0 amide bonds. The van der Waals surface area contributed by atoms with Crippen molar-refractivity contribution in [3.8, 4) is 0 Å². The summed E-state index contributed by atoms with van der Waals surface area (Å²) in [6.07, 6.45) is 5.54. The number of nitrogens with two attached hydrogens (primary N) is 1. The Morgan fingerprint density at radius 3 is 2.45 bits per heavy atom. The second-order valence-corrected chi connectivity index (χ2v) is 5.53. The molecule has 0 bridgehead atoms. The summed E-state index contributed by atoms with van der Waals surface area (Å²) >= 11 is 0. The zero-order chi connectivity index (χ0) is 14.0. The van der Waals surface area contributed by atoms with Gasteiger partial charge in [0.15, 0.2) is 0 Å². The number of benzene rings is 1. The fourth-order valence-corrected chi connectivity index (χ4v) is 3.28. The standard InChI is InChI=1S/C16H19N3O/c17-13-11-14(20)19-15(18-13)16(9-5-2-6-10-16)12-7-3-1-4-8-12/h1,3-4,7-8,11H,2,5-6,9-10H2,(H3,17,18,19,20). The monoisotopic (exact) mass is 269 g/mol. The molecule has 20 heavy (non-hydrogen) atoms. The van der Waals surface area contributed by atoms with Crippen LogP contribution < -0.4 is 11.3 Å². The number of hydrogen-bond acceptors (Lipinski definition) is 3. The van der Waals surface area contributed by atoms with E-state index in [-0.39, 0.29) is 11.0 Å². The van der Waals surface area contributed by atoms with Gasteiger partial charge in [0.2, 0.25) is 0 Å². The Kier molecular flexibility index (Phi) is 3.30. The predicted molar refractivity (Wildman–Crippen MR) is 79.6 cm³/mol. The molecule has 0 aliphatic heterocycles. The Balaban J connectivity index is 2.17. The van der Waals surface area contributed by atoms with Crippen molar-refractivity contribution in [1.29, 1.82) is 0 Å². The minimum atomic E-state index is -0.200. The van der Waals surface area contributed by atoms with Crippen molar-refractivity contribution in [1.82, 2.24) is 9.97 Å². The number of hydrogen-bond donors (Lipinski definition) is 2. The second-order valence-electron chi connectivity index (χ2n) is 5.53. The molecule has 0 atom stereocenters. The van der Waals surface area contributed by atoms with Gasteiger partial charge < -0.3 is 10.7 Å². The molecule has 0 spiro atoms. The number of aromatic amines is 1. The van der Waals surface area contributed by atoms with Crippen molar-refractivity contribution in [2.75, 3.05) is 5.73 Å². The topological polar surface area (TPSA) is 71.8 Å². The van der Waals surface area contributed by atoms with Crippen LogP contribution in [0.25, 0.3) is 0 Å². The summed E-state index contributed by atoms with van der Waals surface area (Å²) in [7, 11) is 0. The zero-order valence-corrected chi connectivity index (χ0v) is 11.4. The summed E-state index contributed by atoms with van der Waals surface area (Å²) in [5.74, 6) is 1.01. The summed E-state index contributed by atoms with van der Waals surface area (Å²) in [5, 5.41) is 0. The summed E-state index contributed by atoms with van der Waals surface area (Å²) < 4.78 is 0. The van der Waals surface area contributed by atoms with E-state index in [1.807, 2.05) is 18.2 Å². The molecule has 1 aliphatic carbocycles. The fourth-order valence-electron chi connectivity index (χ4n) is 3.28. The van der Waals surface area contributed by atoms with Gasteiger partial charge in [0.1, 0.15) is 11.6 Å². The van der Waals surface area contributed by atoms with E-state index in [2.05, 4.69) is 22.1 Å². The minimum absolute atomic E-state index is 0.173. The van der Waals surface area contributed by atoms with Crippen molar-refractivity contribution in [3.05, 3.63) is 58.1 Å². The first kappa shape index (κ1) is 12.9. The molecule has 4 nitrogen and oxygen atoms in total. The summed E-state index contributed by atoms with van der Waals surface area (Å²) in [6.45, 7) is 0. The maximum absolute atomic E-state index is 11.8. The molecule has 0 saturated heterocycles. The lowest BCUT2D eigenvalue weighted by Crippen LogP contribution is -2.34. The SMILES string of the molecule is Nc1cc(=O)[nH]c(C2(c3ccccc3)CCCCC2)n1. The van der Waals surface area contributed by atoms with E-state index in [1.54, 1.807) is 0 Å². The fraction of sp³-hybridized carbons (Fsp3) is 0.375. The molecular weight excluding hydrogens is 250 g/mol. The minimum Gasteiger partial charge on any atom is -0.383 e. The Morgan fingerprint density at radius 2 is 1.80 bits per heavy atom. The first-order valence-electron chi connectivity index (χ1n) is 7.14. The summed E-state index contributed by atoms with van der Waals surface area (Å²) in [5.41, 5.74) is 6.61. The summed E-state index contributed by atoms with van der Waals surface area (Å²) in [4.78, 5) is 19.1. The molecule has 1 fully saturated rings. The van der Waals surface area contributed by atoms with Crippen LogP contribution in [0.5, 0.6) is 0 Å². The van der Waals surface area contributed by atoms with Crippen LogP contribution in [0.3, 0.4) is 0 Å². The van der Waals surface area contributed by atoms with Gasteiger partial charge in [-0.1, -0.05) is 49.6 Å². The van der Waals surface area contributed by atoms with Crippen molar-refractivity contribution in [3.63, 3.8) is 0 Å².